The minimum Gasteiger partial charge on any atom is -0.321 e. The number of hydrogen-bond donors (Lipinski definition) is 2. The van der Waals surface area contributed by atoms with Crippen LogP contribution in [0.3, 0.4) is 0 Å². The van der Waals surface area contributed by atoms with Crippen LogP contribution in [0.5, 0.6) is 0 Å². The molecule has 3 aromatic rings. The van der Waals surface area contributed by atoms with Crippen molar-refractivity contribution in [2.75, 3.05) is 10.6 Å². The Morgan fingerprint density at radius 1 is 1.00 bits per heavy atom. The molecular weight excluding hydrogens is 348 g/mol. The molecule has 6 nitrogen and oxygen atoms in total. The van der Waals surface area contributed by atoms with Crippen molar-refractivity contribution in [3.05, 3.63) is 69.9 Å². The summed E-state index contributed by atoms with van der Waals surface area (Å²) in [6.07, 6.45) is 4.26. The van der Waals surface area contributed by atoms with Crippen molar-refractivity contribution < 1.29 is 9.59 Å². The zero-order valence-corrected chi connectivity index (χ0v) is 13.8. The van der Waals surface area contributed by atoms with Crippen molar-refractivity contribution in [1.29, 1.82) is 0 Å². The van der Waals surface area contributed by atoms with Crippen molar-refractivity contribution in [2.45, 2.75) is 0 Å². The Balaban J connectivity index is 1.74. The minimum atomic E-state index is -0.429. The zero-order chi connectivity index (χ0) is 16.9. The van der Waals surface area contributed by atoms with Gasteiger partial charge in [0.1, 0.15) is 10.6 Å². The molecule has 2 amide bonds. The van der Waals surface area contributed by atoms with Crippen molar-refractivity contribution in [3.8, 4) is 0 Å². The topological polar surface area (TPSA) is 84.0 Å². The summed E-state index contributed by atoms with van der Waals surface area (Å²) >= 11 is 7.05. The number of carbonyl (C=O) groups excluding carboxylic acids is 2. The second kappa shape index (κ2) is 7.20. The van der Waals surface area contributed by atoms with Crippen LogP contribution in [0.4, 0.5) is 11.4 Å². The highest BCUT2D eigenvalue weighted by Crippen LogP contribution is 2.24. The lowest BCUT2D eigenvalue weighted by Crippen LogP contribution is -2.17. The summed E-state index contributed by atoms with van der Waals surface area (Å²) in [5.41, 5.74) is 1.21. The van der Waals surface area contributed by atoms with Crippen LogP contribution in [0.15, 0.2) is 54.3 Å². The largest absolute Gasteiger partial charge is 0.321 e. The summed E-state index contributed by atoms with van der Waals surface area (Å²) in [6.45, 7) is 0. The summed E-state index contributed by atoms with van der Waals surface area (Å²) in [5.74, 6) is -0.746. The van der Waals surface area contributed by atoms with E-state index < -0.39 is 5.91 Å². The monoisotopic (exact) mass is 358 g/mol. The first-order valence-electron chi connectivity index (χ1n) is 6.85. The van der Waals surface area contributed by atoms with Gasteiger partial charge in [-0.1, -0.05) is 11.6 Å². The van der Waals surface area contributed by atoms with Gasteiger partial charge in [-0.2, -0.15) is 0 Å². The first-order valence-corrected chi connectivity index (χ1v) is 8.11. The molecule has 120 valence electrons. The molecule has 1 aromatic carbocycles. The van der Waals surface area contributed by atoms with Crippen molar-refractivity contribution in [1.82, 2.24) is 9.97 Å². The summed E-state index contributed by atoms with van der Waals surface area (Å²) in [7, 11) is 0. The van der Waals surface area contributed by atoms with Gasteiger partial charge in [0.2, 0.25) is 0 Å². The Hall–Kier alpha value is -2.77. The van der Waals surface area contributed by atoms with E-state index in [0.29, 0.717) is 21.3 Å². The number of carbonyl (C=O) groups is 2. The van der Waals surface area contributed by atoms with Crippen molar-refractivity contribution >= 4 is 46.1 Å². The number of aromatic nitrogens is 2. The molecular formula is C16H11ClN4O2S. The van der Waals surface area contributed by atoms with Crippen molar-refractivity contribution in [2.24, 2.45) is 0 Å². The summed E-state index contributed by atoms with van der Waals surface area (Å²) in [5, 5.41) is 7.74. The second-order valence-corrected chi connectivity index (χ2v) is 6.02. The number of nitrogens with zero attached hydrogens (tertiary/aromatic N) is 2. The van der Waals surface area contributed by atoms with Gasteiger partial charge in [-0.25, -0.2) is 4.98 Å². The average Bonchev–Trinajstić information content (AvgIpc) is 3.06. The molecule has 0 fully saturated rings. The molecule has 2 heterocycles. The third kappa shape index (κ3) is 3.76. The molecule has 8 heteroatoms. The molecule has 0 saturated carbocycles. The highest BCUT2D eigenvalue weighted by atomic mass is 35.5. The molecule has 0 aliphatic rings. The van der Waals surface area contributed by atoms with Crippen LogP contribution in [0.25, 0.3) is 0 Å². The van der Waals surface area contributed by atoms with E-state index in [2.05, 4.69) is 20.6 Å². The smallest absolute Gasteiger partial charge is 0.275 e. The number of amides is 2. The van der Waals surface area contributed by atoms with Crippen LogP contribution in [0.2, 0.25) is 5.02 Å². The molecule has 0 bridgehead atoms. The van der Waals surface area contributed by atoms with E-state index in [1.807, 2.05) is 0 Å². The highest BCUT2D eigenvalue weighted by molar-refractivity contribution is 7.12. The van der Waals surface area contributed by atoms with E-state index in [4.69, 9.17) is 11.6 Å². The SMILES string of the molecule is O=C(Nc1ccsc1C(=O)Nc1ccc(Cl)cc1)c1cnccn1. The van der Waals surface area contributed by atoms with E-state index >= 15 is 0 Å². The normalized spacial score (nSPS) is 10.2. The maximum atomic E-state index is 12.4. The number of hydrogen-bond acceptors (Lipinski definition) is 5. The molecule has 0 radical (unpaired) electrons. The summed E-state index contributed by atoms with van der Waals surface area (Å²) in [6, 6.07) is 8.43. The van der Waals surface area contributed by atoms with Crippen LogP contribution in [-0.4, -0.2) is 21.8 Å². The predicted molar refractivity (Wildman–Crippen MR) is 93.7 cm³/mol. The maximum absolute atomic E-state index is 12.4. The van der Waals surface area contributed by atoms with Gasteiger partial charge in [-0.15, -0.1) is 11.3 Å². The summed E-state index contributed by atoms with van der Waals surface area (Å²) in [4.78, 5) is 32.7. The van der Waals surface area contributed by atoms with Gasteiger partial charge in [-0.3, -0.25) is 14.6 Å². The number of benzene rings is 1. The number of nitrogens with one attached hydrogen (secondary N) is 2. The van der Waals surface area contributed by atoms with E-state index in [1.54, 1.807) is 35.7 Å². The lowest BCUT2D eigenvalue weighted by molar-refractivity contribution is 0.102. The number of halogens is 1. The van der Waals surface area contributed by atoms with E-state index in [-0.39, 0.29) is 11.6 Å². The fourth-order valence-corrected chi connectivity index (χ4v) is 2.78. The molecule has 24 heavy (non-hydrogen) atoms. The van der Waals surface area contributed by atoms with Gasteiger partial charge >= 0.3 is 0 Å². The lowest BCUT2D eigenvalue weighted by atomic mass is 10.3. The molecule has 0 atom stereocenters. The van der Waals surface area contributed by atoms with Gasteiger partial charge in [-0.05, 0) is 35.7 Å². The molecule has 3 rings (SSSR count). The number of rotatable bonds is 4. The molecule has 0 saturated heterocycles. The molecule has 2 N–H and O–H groups in total. The maximum Gasteiger partial charge on any atom is 0.275 e. The fraction of sp³-hybridized carbons (Fsp3) is 0. The van der Waals surface area contributed by atoms with Gasteiger partial charge in [0.15, 0.2) is 0 Å². The van der Waals surface area contributed by atoms with Gasteiger partial charge in [0.25, 0.3) is 11.8 Å². The standard InChI is InChI=1S/C16H11ClN4O2S/c17-10-1-3-11(4-2-10)20-16(23)14-12(5-8-24-14)21-15(22)13-9-18-6-7-19-13/h1-9H,(H,20,23)(H,21,22). The Kier molecular flexibility index (Phi) is 4.83. The van der Waals surface area contributed by atoms with E-state index in [1.165, 1.54) is 29.9 Å². The number of thiophene rings is 1. The summed E-state index contributed by atoms with van der Waals surface area (Å²) < 4.78 is 0. The molecule has 0 aliphatic heterocycles. The fourth-order valence-electron chi connectivity index (χ4n) is 1.91. The molecule has 2 aromatic heterocycles. The van der Waals surface area contributed by atoms with Crippen LogP contribution in [-0.2, 0) is 0 Å². The van der Waals surface area contributed by atoms with Crippen molar-refractivity contribution in [3.63, 3.8) is 0 Å². The number of anilines is 2. The van der Waals surface area contributed by atoms with E-state index in [9.17, 15) is 9.59 Å². The predicted octanol–water partition coefficient (Wildman–Crippen LogP) is 3.70. The molecule has 0 spiro atoms. The quantitative estimate of drug-likeness (QED) is 0.744. The molecule has 0 aliphatic carbocycles. The van der Waals surface area contributed by atoms with Gasteiger partial charge in [0.05, 0.1) is 11.9 Å². The third-order valence-corrected chi connectivity index (χ3v) is 4.18. The van der Waals surface area contributed by atoms with Crippen LogP contribution >= 0.6 is 22.9 Å². The van der Waals surface area contributed by atoms with Gasteiger partial charge in [0, 0.05) is 23.1 Å². The van der Waals surface area contributed by atoms with Crippen LogP contribution in [0.1, 0.15) is 20.2 Å². The van der Waals surface area contributed by atoms with Crippen LogP contribution < -0.4 is 10.6 Å². The Morgan fingerprint density at radius 3 is 2.50 bits per heavy atom. The zero-order valence-electron chi connectivity index (χ0n) is 12.2. The Labute approximate surface area is 146 Å². The second-order valence-electron chi connectivity index (χ2n) is 4.67. The van der Waals surface area contributed by atoms with E-state index in [0.717, 1.165) is 0 Å². The average molecular weight is 359 g/mol. The Morgan fingerprint density at radius 2 is 1.79 bits per heavy atom. The third-order valence-electron chi connectivity index (χ3n) is 3.02. The lowest BCUT2D eigenvalue weighted by Gasteiger charge is -2.07. The van der Waals surface area contributed by atoms with Crippen LogP contribution in [0, 0.1) is 0 Å². The highest BCUT2D eigenvalue weighted by Gasteiger charge is 2.16. The first-order chi connectivity index (χ1) is 11.6. The van der Waals surface area contributed by atoms with Gasteiger partial charge < -0.3 is 10.6 Å². The minimum absolute atomic E-state index is 0.174. The Bertz CT molecular complexity index is 865. The first kappa shape index (κ1) is 16.1. The molecule has 0 unspecified atom stereocenters.